The number of hydrogen-bond acceptors (Lipinski definition) is 3. The third kappa shape index (κ3) is 2.19. The Kier molecular flexibility index (Phi) is 3.04. The van der Waals surface area contributed by atoms with Gasteiger partial charge in [-0.3, -0.25) is 0 Å². The van der Waals surface area contributed by atoms with Crippen LogP contribution in [0.5, 0.6) is 0 Å². The number of rotatable bonds is 2. The molecule has 82 valence electrons. The smallest absolute Gasteiger partial charge is 0.375 e. The molecule has 0 atom stereocenters. The molecule has 0 bridgehead atoms. The van der Waals surface area contributed by atoms with Crippen molar-refractivity contribution in [3.05, 3.63) is 17.5 Å². The van der Waals surface area contributed by atoms with Crippen molar-refractivity contribution in [1.82, 2.24) is 5.16 Å². The van der Waals surface area contributed by atoms with Crippen LogP contribution in [0.2, 0.25) is 0 Å². The number of hydrogen-bond donors (Lipinski definition) is 1. The fourth-order valence-corrected chi connectivity index (χ4v) is 2.29. The first-order valence-corrected chi connectivity index (χ1v) is 5.47. The minimum atomic E-state index is -1.01. The van der Waals surface area contributed by atoms with E-state index in [9.17, 15) is 4.79 Å². The molecule has 0 saturated heterocycles. The molecule has 0 aliphatic heterocycles. The van der Waals surface area contributed by atoms with Gasteiger partial charge in [0.15, 0.2) is 0 Å². The van der Waals surface area contributed by atoms with Crippen molar-refractivity contribution in [2.75, 3.05) is 0 Å². The predicted molar refractivity (Wildman–Crippen MR) is 53.9 cm³/mol. The molecule has 1 saturated carbocycles. The van der Waals surface area contributed by atoms with Crippen molar-refractivity contribution in [1.29, 1.82) is 0 Å². The fourth-order valence-electron chi connectivity index (χ4n) is 2.29. The molecule has 1 heterocycles. The number of carboxylic acid groups (broad SMARTS) is 1. The summed E-state index contributed by atoms with van der Waals surface area (Å²) in [6.45, 7) is 0. The third-order valence-corrected chi connectivity index (χ3v) is 3.09. The minimum Gasteiger partial charge on any atom is -0.475 e. The molecule has 0 unspecified atom stereocenters. The molecule has 1 aromatic heterocycles. The Balaban J connectivity index is 2.19. The van der Waals surface area contributed by atoms with Crippen LogP contribution in [0, 0.1) is 0 Å². The second kappa shape index (κ2) is 4.47. The van der Waals surface area contributed by atoms with Gasteiger partial charge in [0.05, 0.1) is 6.20 Å². The molecule has 4 heteroatoms. The second-order valence-electron chi connectivity index (χ2n) is 4.10. The molecular formula is C11H15NO3. The summed E-state index contributed by atoms with van der Waals surface area (Å²) >= 11 is 0. The van der Waals surface area contributed by atoms with Crippen LogP contribution in [0.4, 0.5) is 0 Å². The zero-order valence-electron chi connectivity index (χ0n) is 8.61. The van der Waals surface area contributed by atoms with E-state index < -0.39 is 5.97 Å². The zero-order chi connectivity index (χ0) is 10.7. The Morgan fingerprint density at radius 1 is 1.33 bits per heavy atom. The van der Waals surface area contributed by atoms with E-state index >= 15 is 0 Å². The summed E-state index contributed by atoms with van der Waals surface area (Å²) in [7, 11) is 0. The van der Waals surface area contributed by atoms with Crippen LogP contribution < -0.4 is 0 Å². The summed E-state index contributed by atoms with van der Waals surface area (Å²) in [6, 6.07) is 0. The fraction of sp³-hybridized carbons (Fsp3) is 0.636. The molecule has 15 heavy (non-hydrogen) atoms. The molecule has 0 spiro atoms. The Morgan fingerprint density at radius 3 is 2.60 bits per heavy atom. The van der Waals surface area contributed by atoms with Crippen molar-refractivity contribution in [2.24, 2.45) is 0 Å². The Labute approximate surface area is 88.3 Å². The second-order valence-corrected chi connectivity index (χ2v) is 4.10. The average Bonchev–Trinajstić information content (AvgIpc) is 2.55. The normalized spacial score (nSPS) is 18.7. The maximum Gasteiger partial charge on any atom is 0.375 e. The van der Waals surface area contributed by atoms with Crippen molar-refractivity contribution in [3.63, 3.8) is 0 Å². The van der Waals surface area contributed by atoms with E-state index in [0.29, 0.717) is 5.92 Å². The molecule has 1 aromatic rings. The summed E-state index contributed by atoms with van der Waals surface area (Å²) < 4.78 is 4.77. The quantitative estimate of drug-likeness (QED) is 0.761. The molecule has 1 fully saturated rings. The number of nitrogens with zero attached hydrogens (tertiary/aromatic N) is 1. The van der Waals surface area contributed by atoms with Crippen LogP contribution >= 0.6 is 0 Å². The van der Waals surface area contributed by atoms with Crippen LogP contribution in [-0.4, -0.2) is 16.2 Å². The van der Waals surface area contributed by atoms with Gasteiger partial charge in [0.25, 0.3) is 0 Å². The van der Waals surface area contributed by atoms with Gasteiger partial charge in [-0.1, -0.05) is 30.8 Å². The first kappa shape index (κ1) is 10.2. The van der Waals surface area contributed by atoms with Crippen LogP contribution in [0.15, 0.2) is 10.7 Å². The summed E-state index contributed by atoms with van der Waals surface area (Å²) in [6.07, 6.45) is 8.54. The van der Waals surface area contributed by atoms with Gasteiger partial charge >= 0.3 is 5.97 Å². The van der Waals surface area contributed by atoms with Crippen LogP contribution in [0.25, 0.3) is 0 Å². The number of carbonyl (C=O) groups is 1. The monoisotopic (exact) mass is 209 g/mol. The third-order valence-electron chi connectivity index (χ3n) is 3.09. The molecule has 1 aliphatic rings. The number of aromatic carboxylic acids is 1. The summed E-state index contributed by atoms with van der Waals surface area (Å²) in [4.78, 5) is 10.9. The molecule has 4 nitrogen and oxygen atoms in total. The maximum atomic E-state index is 10.9. The van der Waals surface area contributed by atoms with Gasteiger partial charge in [0.2, 0.25) is 5.76 Å². The lowest BCUT2D eigenvalue weighted by molar-refractivity contribution is 0.0649. The van der Waals surface area contributed by atoms with E-state index in [-0.39, 0.29) is 5.76 Å². The van der Waals surface area contributed by atoms with Crippen LogP contribution in [-0.2, 0) is 0 Å². The maximum absolute atomic E-state index is 10.9. The van der Waals surface area contributed by atoms with Gasteiger partial charge in [-0.25, -0.2) is 4.79 Å². The highest BCUT2D eigenvalue weighted by Crippen LogP contribution is 2.33. The lowest BCUT2D eigenvalue weighted by atomic mass is 9.92. The summed E-state index contributed by atoms with van der Waals surface area (Å²) in [5.74, 6) is -0.654. The molecule has 0 aromatic carbocycles. The first-order valence-electron chi connectivity index (χ1n) is 5.47. The Hall–Kier alpha value is -1.32. The van der Waals surface area contributed by atoms with Gasteiger partial charge in [-0.15, -0.1) is 0 Å². The predicted octanol–water partition coefficient (Wildman–Crippen LogP) is 2.81. The lowest BCUT2D eigenvalue weighted by Gasteiger charge is -2.11. The number of aromatic nitrogens is 1. The van der Waals surface area contributed by atoms with E-state index in [2.05, 4.69) is 5.16 Å². The topological polar surface area (TPSA) is 63.3 Å². The number of carboxylic acids is 1. The van der Waals surface area contributed by atoms with Crippen LogP contribution in [0.1, 0.15) is 60.6 Å². The van der Waals surface area contributed by atoms with Gasteiger partial charge in [-0.2, -0.15) is 0 Å². The Morgan fingerprint density at radius 2 is 2.00 bits per heavy atom. The summed E-state index contributed by atoms with van der Waals surface area (Å²) in [5, 5.41) is 12.5. The highest BCUT2D eigenvalue weighted by Gasteiger charge is 2.24. The van der Waals surface area contributed by atoms with Crippen molar-refractivity contribution in [3.8, 4) is 0 Å². The van der Waals surface area contributed by atoms with E-state index in [0.717, 1.165) is 18.4 Å². The van der Waals surface area contributed by atoms with E-state index in [1.165, 1.54) is 25.7 Å². The van der Waals surface area contributed by atoms with Crippen molar-refractivity contribution < 1.29 is 14.4 Å². The van der Waals surface area contributed by atoms with Crippen molar-refractivity contribution in [2.45, 2.75) is 44.4 Å². The van der Waals surface area contributed by atoms with E-state index in [1.54, 1.807) is 6.20 Å². The SMILES string of the molecule is O=C(O)c1oncc1C1CCCCCC1. The average molecular weight is 209 g/mol. The highest BCUT2D eigenvalue weighted by atomic mass is 16.5. The minimum absolute atomic E-state index is 0.0295. The van der Waals surface area contributed by atoms with E-state index in [1.807, 2.05) is 0 Å². The van der Waals surface area contributed by atoms with Crippen molar-refractivity contribution >= 4 is 5.97 Å². The largest absolute Gasteiger partial charge is 0.475 e. The standard InChI is InChI=1S/C11H15NO3/c13-11(14)10-9(7-12-15-10)8-5-3-1-2-4-6-8/h7-8H,1-6H2,(H,13,14). The van der Waals surface area contributed by atoms with E-state index in [4.69, 9.17) is 9.63 Å². The highest BCUT2D eigenvalue weighted by molar-refractivity contribution is 5.86. The molecule has 2 rings (SSSR count). The summed E-state index contributed by atoms with van der Waals surface area (Å²) in [5.41, 5.74) is 0.782. The van der Waals surface area contributed by atoms with Crippen LogP contribution in [0.3, 0.4) is 0 Å². The molecule has 0 radical (unpaired) electrons. The Bertz CT molecular complexity index is 337. The zero-order valence-corrected chi connectivity index (χ0v) is 8.61. The first-order chi connectivity index (χ1) is 7.29. The van der Waals surface area contributed by atoms with Gasteiger partial charge in [0.1, 0.15) is 0 Å². The molecular weight excluding hydrogens is 194 g/mol. The molecule has 1 aliphatic carbocycles. The molecule has 0 amide bonds. The molecule has 1 N–H and O–H groups in total. The lowest BCUT2D eigenvalue weighted by Crippen LogP contribution is -2.04. The van der Waals surface area contributed by atoms with Gasteiger partial charge in [-0.05, 0) is 18.8 Å². The van der Waals surface area contributed by atoms with Gasteiger partial charge < -0.3 is 9.63 Å². The van der Waals surface area contributed by atoms with Gasteiger partial charge in [0, 0.05) is 5.56 Å².